The molecule has 0 aliphatic heterocycles. The number of phenolic OH excluding ortho intramolecular Hbond substituents is 3. The molecule has 26 N–H and O–H groups in total. The zero-order valence-electron chi connectivity index (χ0n) is 63.9. The third-order valence-corrected chi connectivity index (χ3v) is 18.1. The molecule has 6 rings (SSSR count). The number of nitrogens with one attached hydrogen (secondary N) is 14. The van der Waals surface area contributed by atoms with E-state index in [1.54, 1.807) is 74.6 Å². The largest absolute Gasteiger partial charge is 0.508 e. The Kier molecular flexibility index (Phi) is 35.0. The summed E-state index contributed by atoms with van der Waals surface area (Å²) in [5, 5.41) is 97.9. The number of hydrogen-bond acceptors (Lipinski definition) is 20. The number of carboxylic acids is 3. The van der Waals surface area contributed by atoms with E-state index >= 15 is 19.2 Å². The number of carbonyl (C=O) groups excluding carboxylic acids is 12. The van der Waals surface area contributed by atoms with E-state index in [1.807, 2.05) is 0 Å². The molecule has 5 aromatic carbocycles. The van der Waals surface area contributed by atoms with E-state index in [0.717, 1.165) is 0 Å². The number of nitrogens with two attached hydrogens (primary N) is 3. The van der Waals surface area contributed by atoms with Gasteiger partial charge in [-0.05, 0) is 101 Å². The average Bonchev–Trinajstić information content (AvgIpc) is 1.61. The molecule has 0 saturated carbocycles. The number of hydrogen-bond donors (Lipinski definition) is 23. The Balaban J connectivity index is 1.34. The van der Waals surface area contributed by atoms with Crippen LogP contribution < -0.4 is 81.0 Å². The van der Waals surface area contributed by atoms with Crippen LogP contribution in [0, 0.1) is 17.2 Å². The van der Waals surface area contributed by atoms with E-state index in [1.165, 1.54) is 86.6 Å². The van der Waals surface area contributed by atoms with Crippen molar-refractivity contribution >= 4 is 106 Å². The van der Waals surface area contributed by atoms with Crippen molar-refractivity contribution in [2.45, 2.75) is 165 Å². The second-order valence-electron chi connectivity index (χ2n) is 28.3. The van der Waals surface area contributed by atoms with Gasteiger partial charge in [0.25, 0.3) is 0 Å². The number of fused-ring (bicyclic) bond motifs is 1. The summed E-state index contributed by atoms with van der Waals surface area (Å²) in [5.41, 5.74) is 19.6. The van der Waals surface area contributed by atoms with Crippen LogP contribution in [0.2, 0.25) is 0 Å². The van der Waals surface area contributed by atoms with Crippen LogP contribution in [0.5, 0.6) is 17.2 Å². The predicted molar refractivity (Wildman–Crippen MR) is 417 cm³/mol. The molecule has 0 aliphatic carbocycles. The number of aromatic amines is 1. The first-order chi connectivity index (χ1) is 54.9. The number of rotatable bonds is 46. The van der Waals surface area contributed by atoms with Gasteiger partial charge in [-0.1, -0.05) is 113 Å². The molecule has 6 aromatic rings. The van der Waals surface area contributed by atoms with Crippen molar-refractivity contribution in [2.75, 3.05) is 13.1 Å². The van der Waals surface area contributed by atoms with Gasteiger partial charge in [0, 0.05) is 55.7 Å². The number of phenols is 3. The fourth-order valence-electron chi connectivity index (χ4n) is 12.1. The molecule has 0 bridgehead atoms. The Morgan fingerprint density at radius 1 is 0.414 bits per heavy atom. The number of carboxylic acid groups (broad SMARTS) is 3. The van der Waals surface area contributed by atoms with Gasteiger partial charge in [0.2, 0.25) is 70.9 Å². The van der Waals surface area contributed by atoms with E-state index in [4.69, 9.17) is 22.6 Å². The Labute approximate surface area is 665 Å². The molecular formula is C78H99N17O21. The number of aromatic nitrogens is 1. The minimum absolute atomic E-state index is 0.0560. The fraction of sp³-hybridized carbons (Fsp3) is 0.385. The predicted octanol–water partition coefficient (Wildman–Crippen LogP) is -2.04. The van der Waals surface area contributed by atoms with Crippen LogP contribution in [0.15, 0.2) is 134 Å². The SMILES string of the molecule is CC(C)C[C@H](N)C(=O)N[C@@H](CC(=O)O)C(=O)NCC(=O)N[C@@H](Cc1ccc(O)cc1)C(=O)N[C@@H](CC(N)=O)C(=O)N[C@@H](Cc1ccc(O)cc1)C(=O)N[C@@H](CCCNC(=N)N)C(=O)N[C@@H](Cc1c[nH]c2ccccc12)C(=O)N[C@@H](Cc1ccc(O)cc1)C(=O)N[C@@H](Cc1ccccc1)C(=O)N[C@@H](CC(=O)O)C(=O)N[C@H](C(=O)O)C(C)C. The molecule has 11 atom stereocenters. The molecule has 0 fully saturated rings. The van der Waals surface area contributed by atoms with Crippen LogP contribution in [0.4, 0.5) is 0 Å². The summed E-state index contributed by atoms with van der Waals surface area (Å²) in [4.78, 5) is 211. The van der Waals surface area contributed by atoms with Gasteiger partial charge in [-0.3, -0.25) is 72.5 Å². The average molecular weight is 1610 g/mol. The first-order valence-electron chi connectivity index (χ1n) is 36.9. The minimum Gasteiger partial charge on any atom is -0.508 e. The summed E-state index contributed by atoms with van der Waals surface area (Å²) in [6.45, 7) is 5.50. The van der Waals surface area contributed by atoms with E-state index < -0.39 is 212 Å². The molecular weight excluding hydrogens is 1510 g/mol. The monoisotopic (exact) mass is 1610 g/mol. The van der Waals surface area contributed by atoms with Crippen molar-refractivity contribution in [3.05, 3.63) is 161 Å². The van der Waals surface area contributed by atoms with Crippen molar-refractivity contribution in [2.24, 2.45) is 29.0 Å². The highest BCUT2D eigenvalue weighted by Crippen LogP contribution is 2.22. The van der Waals surface area contributed by atoms with E-state index in [2.05, 4.69) is 68.8 Å². The maximum absolute atomic E-state index is 15.4. The van der Waals surface area contributed by atoms with Crippen LogP contribution in [0.1, 0.15) is 94.0 Å². The maximum atomic E-state index is 15.4. The molecule has 1 heterocycles. The van der Waals surface area contributed by atoms with Crippen molar-refractivity contribution in [3.63, 3.8) is 0 Å². The second kappa shape index (κ2) is 44.5. The van der Waals surface area contributed by atoms with Crippen molar-refractivity contribution in [1.82, 2.24) is 68.8 Å². The quantitative estimate of drug-likeness (QED) is 0.0111. The van der Waals surface area contributed by atoms with E-state index in [9.17, 15) is 83.4 Å². The fourth-order valence-corrected chi connectivity index (χ4v) is 12.1. The molecule has 622 valence electrons. The zero-order valence-corrected chi connectivity index (χ0v) is 63.9. The van der Waals surface area contributed by atoms with Crippen LogP contribution in [0.3, 0.4) is 0 Å². The highest BCUT2D eigenvalue weighted by Gasteiger charge is 2.38. The van der Waals surface area contributed by atoms with Crippen LogP contribution in [0.25, 0.3) is 10.9 Å². The number of aliphatic carboxylic acids is 3. The minimum atomic E-state index is -1.98. The van der Waals surface area contributed by atoms with E-state index in [0.29, 0.717) is 33.2 Å². The standard InChI is InChI=1S/C78H99N17O21/c1-40(2)29-51(79)67(105)88-60(36-64(101)102)68(106)85-39-63(100)86-54(31-43-16-22-47(96)23-17-43)70(108)93-59(35-62(80)99)75(113)91-56(32-44-18-24-48(97)25-19-44)71(109)87-53(15-10-28-83-78(81)82)69(107)92-58(34-46-38-84-52-14-9-8-13-50(46)52)74(112)90-57(33-45-20-26-49(98)27-21-45)72(110)89-55(30-42-11-6-5-7-12-42)73(111)94-61(37-65(103)104)76(114)95-66(41(3)4)77(115)116/h5-9,11-14,16-27,38,40-41,51,53-61,66,84,96-98H,10,15,28-37,39,79H2,1-4H3,(H2,80,99)(H,85,106)(H,86,100)(H,87,109)(H,88,105)(H,89,110)(H,90,112)(H,91,113)(H,92,107)(H,93,108)(H,94,111)(H,95,114)(H,101,102)(H,103,104)(H,115,116)(H4,81,82,83)/t51-,53-,54-,55-,56-,57-,58-,59-,60-,61-,66-/m0/s1. The Morgan fingerprint density at radius 3 is 1.22 bits per heavy atom. The molecule has 0 aliphatic rings. The lowest BCUT2D eigenvalue weighted by Gasteiger charge is -2.28. The molecule has 116 heavy (non-hydrogen) atoms. The molecule has 38 heteroatoms. The highest BCUT2D eigenvalue weighted by molar-refractivity contribution is 6.01. The van der Waals surface area contributed by atoms with Gasteiger partial charge < -0.3 is 117 Å². The van der Waals surface area contributed by atoms with Crippen LogP contribution in [-0.4, -0.2) is 210 Å². The zero-order chi connectivity index (χ0) is 85.5. The molecule has 38 nitrogen and oxygen atoms in total. The van der Waals surface area contributed by atoms with Crippen LogP contribution >= 0.6 is 0 Å². The number of primary amides is 1. The van der Waals surface area contributed by atoms with Crippen molar-refractivity contribution in [3.8, 4) is 17.2 Å². The third-order valence-electron chi connectivity index (χ3n) is 18.1. The Hall–Kier alpha value is -13.7. The number of guanidine groups is 1. The Morgan fingerprint density at radius 2 is 0.784 bits per heavy atom. The number of H-pyrrole nitrogens is 1. The smallest absolute Gasteiger partial charge is 0.326 e. The summed E-state index contributed by atoms with van der Waals surface area (Å²) in [5.74, 6) is -19.7. The van der Waals surface area contributed by atoms with Gasteiger partial charge in [0.1, 0.15) is 77.7 Å². The van der Waals surface area contributed by atoms with Crippen molar-refractivity contribution < 1.29 is 103 Å². The molecule has 12 amide bonds. The van der Waals surface area contributed by atoms with Gasteiger partial charge in [0.05, 0.1) is 31.8 Å². The first-order valence-corrected chi connectivity index (χ1v) is 36.9. The Bertz CT molecular complexity index is 4470. The molecule has 0 spiro atoms. The van der Waals surface area contributed by atoms with Crippen LogP contribution in [-0.2, 0) is 104 Å². The summed E-state index contributed by atoms with van der Waals surface area (Å²) in [6.07, 6.45) is -3.53. The van der Waals surface area contributed by atoms with Gasteiger partial charge in [0.15, 0.2) is 5.96 Å². The third kappa shape index (κ3) is 30.4. The molecule has 0 saturated heterocycles. The molecule has 1 aromatic heterocycles. The van der Waals surface area contributed by atoms with E-state index in [-0.39, 0.29) is 67.4 Å². The topological polar surface area (TPSA) is 639 Å². The number of carbonyl (C=O) groups is 15. The highest BCUT2D eigenvalue weighted by atomic mass is 16.4. The van der Waals surface area contributed by atoms with Crippen molar-refractivity contribution in [1.29, 1.82) is 5.41 Å². The van der Waals surface area contributed by atoms with Gasteiger partial charge in [-0.15, -0.1) is 0 Å². The van der Waals surface area contributed by atoms with Gasteiger partial charge in [-0.25, -0.2) is 4.79 Å². The number of benzene rings is 5. The molecule has 0 unspecified atom stereocenters. The summed E-state index contributed by atoms with van der Waals surface area (Å²) < 4.78 is 0. The second-order valence-corrected chi connectivity index (χ2v) is 28.3. The normalized spacial score (nSPS) is 13.9. The number of para-hydroxylation sites is 1. The maximum Gasteiger partial charge on any atom is 0.326 e. The van der Waals surface area contributed by atoms with Gasteiger partial charge >= 0.3 is 17.9 Å². The number of aromatic hydroxyl groups is 3. The lowest BCUT2D eigenvalue weighted by molar-refractivity contribution is -0.144. The lowest BCUT2D eigenvalue weighted by Crippen LogP contribution is -2.61. The molecule has 0 radical (unpaired) electrons. The summed E-state index contributed by atoms with van der Waals surface area (Å²) >= 11 is 0. The summed E-state index contributed by atoms with van der Waals surface area (Å²) in [7, 11) is 0. The number of amides is 12. The summed E-state index contributed by atoms with van der Waals surface area (Å²) in [6, 6.07) is 12.3. The first kappa shape index (κ1) is 91.2. The van der Waals surface area contributed by atoms with Gasteiger partial charge in [-0.2, -0.15) is 0 Å². The lowest BCUT2D eigenvalue weighted by atomic mass is 10.00.